The van der Waals surface area contributed by atoms with Crippen LogP contribution in [0.5, 0.6) is 0 Å². The summed E-state index contributed by atoms with van der Waals surface area (Å²) in [5, 5.41) is 8.86. The van der Waals surface area contributed by atoms with Crippen molar-refractivity contribution in [3.63, 3.8) is 0 Å². The summed E-state index contributed by atoms with van der Waals surface area (Å²) in [4.78, 5) is 0.313. The Morgan fingerprint density at radius 3 is 2.20 bits per heavy atom. The molecule has 0 radical (unpaired) electrons. The van der Waals surface area contributed by atoms with Crippen LogP contribution >= 0.6 is 0 Å². The van der Waals surface area contributed by atoms with E-state index >= 15 is 0 Å². The van der Waals surface area contributed by atoms with Crippen LogP contribution in [0.1, 0.15) is 37.8 Å². The van der Waals surface area contributed by atoms with Gasteiger partial charge in [0.1, 0.15) is 0 Å². The standard InChI is InChI=1S/C15H25NO3S/c1-12-8-13(2)10-14(9-12)20(18,19)16-11-15(3,4)6-5-7-17/h8-10,16-17H,5-7,11H2,1-4H3. The van der Waals surface area contributed by atoms with E-state index < -0.39 is 10.0 Å². The first-order valence-electron chi connectivity index (χ1n) is 6.85. The normalized spacial score (nSPS) is 12.7. The van der Waals surface area contributed by atoms with Crippen LogP contribution in [0.15, 0.2) is 23.1 Å². The van der Waals surface area contributed by atoms with Gasteiger partial charge in [-0.25, -0.2) is 13.1 Å². The molecule has 0 unspecified atom stereocenters. The molecule has 20 heavy (non-hydrogen) atoms. The zero-order valence-electron chi connectivity index (χ0n) is 12.7. The average Bonchev–Trinajstić information content (AvgIpc) is 2.33. The van der Waals surface area contributed by atoms with Gasteiger partial charge in [0.2, 0.25) is 10.0 Å². The highest BCUT2D eigenvalue weighted by Gasteiger charge is 2.22. The van der Waals surface area contributed by atoms with Crippen LogP contribution in [0.3, 0.4) is 0 Å². The molecule has 2 N–H and O–H groups in total. The van der Waals surface area contributed by atoms with Gasteiger partial charge in [-0.1, -0.05) is 19.9 Å². The Morgan fingerprint density at radius 1 is 1.15 bits per heavy atom. The van der Waals surface area contributed by atoms with Crippen LogP contribution < -0.4 is 4.72 Å². The van der Waals surface area contributed by atoms with Gasteiger partial charge in [0.05, 0.1) is 4.90 Å². The highest BCUT2D eigenvalue weighted by molar-refractivity contribution is 7.89. The molecule has 0 bridgehead atoms. The van der Waals surface area contributed by atoms with E-state index in [1.165, 1.54) is 0 Å². The summed E-state index contributed by atoms with van der Waals surface area (Å²) in [6.45, 7) is 8.25. The summed E-state index contributed by atoms with van der Waals surface area (Å²) in [5.41, 5.74) is 1.70. The van der Waals surface area contributed by atoms with E-state index in [1.54, 1.807) is 12.1 Å². The van der Waals surface area contributed by atoms with E-state index in [4.69, 9.17) is 5.11 Å². The predicted molar refractivity (Wildman–Crippen MR) is 81.2 cm³/mol. The van der Waals surface area contributed by atoms with Crippen molar-refractivity contribution in [2.45, 2.75) is 45.4 Å². The van der Waals surface area contributed by atoms with Crippen LogP contribution in [-0.2, 0) is 10.0 Å². The molecule has 0 heterocycles. The van der Waals surface area contributed by atoms with E-state index in [1.807, 2.05) is 33.8 Å². The summed E-state index contributed by atoms with van der Waals surface area (Å²) in [6, 6.07) is 5.30. The lowest BCUT2D eigenvalue weighted by molar-refractivity contribution is 0.242. The van der Waals surface area contributed by atoms with Crippen LogP contribution in [-0.4, -0.2) is 26.7 Å². The fourth-order valence-corrected chi connectivity index (χ4v) is 3.54. The minimum Gasteiger partial charge on any atom is -0.396 e. The van der Waals surface area contributed by atoms with Crippen molar-refractivity contribution in [2.75, 3.05) is 13.2 Å². The fraction of sp³-hybridized carbons (Fsp3) is 0.600. The highest BCUT2D eigenvalue weighted by atomic mass is 32.2. The third kappa shape index (κ3) is 5.23. The van der Waals surface area contributed by atoms with Gasteiger partial charge in [-0.3, -0.25) is 0 Å². The number of hydrogen-bond acceptors (Lipinski definition) is 3. The zero-order valence-corrected chi connectivity index (χ0v) is 13.5. The van der Waals surface area contributed by atoms with Gasteiger partial charge in [0, 0.05) is 13.2 Å². The lowest BCUT2D eigenvalue weighted by atomic mass is 9.88. The van der Waals surface area contributed by atoms with Crippen molar-refractivity contribution in [3.05, 3.63) is 29.3 Å². The second-order valence-corrected chi connectivity index (χ2v) is 7.91. The predicted octanol–water partition coefficient (Wildman–Crippen LogP) is 2.38. The second kappa shape index (κ2) is 6.70. The summed E-state index contributed by atoms with van der Waals surface area (Å²) >= 11 is 0. The number of aliphatic hydroxyl groups is 1. The van der Waals surface area contributed by atoms with E-state index in [2.05, 4.69) is 4.72 Å². The largest absolute Gasteiger partial charge is 0.396 e. The Labute approximate surface area is 122 Å². The third-order valence-electron chi connectivity index (χ3n) is 3.26. The molecule has 0 fully saturated rings. The Kier molecular flexibility index (Phi) is 5.74. The molecular formula is C15H25NO3S. The molecule has 114 valence electrons. The van der Waals surface area contributed by atoms with E-state index in [9.17, 15) is 8.42 Å². The van der Waals surface area contributed by atoms with Crippen LogP contribution in [0, 0.1) is 19.3 Å². The maximum absolute atomic E-state index is 12.3. The molecule has 0 atom stereocenters. The van der Waals surface area contributed by atoms with Crippen molar-refractivity contribution in [2.24, 2.45) is 5.41 Å². The zero-order chi connectivity index (χ0) is 15.4. The number of benzene rings is 1. The highest BCUT2D eigenvalue weighted by Crippen LogP contribution is 2.22. The molecule has 0 aliphatic carbocycles. The number of rotatable bonds is 7. The molecule has 0 spiro atoms. The van der Waals surface area contributed by atoms with Crippen molar-refractivity contribution in [1.82, 2.24) is 4.72 Å². The Morgan fingerprint density at radius 2 is 1.70 bits per heavy atom. The van der Waals surface area contributed by atoms with Gasteiger partial charge in [-0.15, -0.1) is 0 Å². The Hall–Kier alpha value is -0.910. The number of hydrogen-bond donors (Lipinski definition) is 2. The molecule has 4 nitrogen and oxygen atoms in total. The van der Waals surface area contributed by atoms with Gasteiger partial charge in [-0.2, -0.15) is 0 Å². The van der Waals surface area contributed by atoms with Gasteiger partial charge < -0.3 is 5.11 Å². The lowest BCUT2D eigenvalue weighted by Crippen LogP contribution is -2.34. The summed E-state index contributed by atoms with van der Waals surface area (Å²) in [6.07, 6.45) is 1.46. The maximum Gasteiger partial charge on any atom is 0.240 e. The number of aryl methyl sites for hydroxylation is 2. The molecule has 0 aliphatic heterocycles. The molecule has 0 aromatic heterocycles. The summed E-state index contributed by atoms with van der Waals surface area (Å²) in [5.74, 6) is 0. The number of aliphatic hydroxyl groups excluding tert-OH is 1. The van der Waals surface area contributed by atoms with Gasteiger partial charge in [0.25, 0.3) is 0 Å². The quantitative estimate of drug-likeness (QED) is 0.812. The molecular weight excluding hydrogens is 274 g/mol. The molecule has 0 aliphatic rings. The summed E-state index contributed by atoms with van der Waals surface area (Å²) in [7, 11) is -3.48. The smallest absolute Gasteiger partial charge is 0.240 e. The van der Waals surface area contributed by atoms with Gasteiger partial charge in [-0.05, 0) is 55.4 Å². The van der Waals surface area contributed by atoms with Crippen LogP contribution in [0.4, 0.5) is 0 Å². The van der Waals surface area contributed by atoms with Crippen molar-refractivity contribution in [1.29, 1.82) is 0 Å². The van der Waals surface area contributed by atoms with E-state index in [0.717, 1.165) is 17.5 Å². The monoisotopic (exact) mass is 299 g/mol. The Bertz CT molecular complexity index is 530. The third-order valence-corrected chi connectivity index (χ3v) is 4.64. The average molecular weight is 299 g/mol. The van der Waals surface area contributed by atoms with Gasteiger partial charge in [0.15, 0.2) is 0 Å². The van der Waals surface area contributed by atoms with Crippen LogP contribution in [0.2, 0.25) is 0 Å². The van der Waals surface area contributed by atoms with E-state index in [-0.39, 0.29) is 12.0 Å². The van der Waals surface area contributed by atoms with Crippen molar-refractivity contribution in [3.8, 4) is 0 Å². The van der Waals surface area contributed by atoms with Gasteiger partial charge >= 0.3 is 0 Å². The first kappa shape index (κ1) is 17.1. The number of nitrogens with one attached hydrogen (secondary N) is 1. The molecule has 5 heteroatoms. The molecule has 1 aromatic rings. The number of sulfonamides is 1. The minimum atomic E-state index is -3.48. The van der Waals surface area contributed by atoms with E-state index in [0.29, 0.717) is 17.9 Å². The molecule has 0 saturated heterocycles. The van der Waals surface area contributed by atoms with Crippen LogP contribution in [0.25, 0.3) is 0 Å². The fourth-order valence-electron chi connectivity index (χ4n) is 2.11. The lowest BCUT2D eigenvalue weighted by Gasteiger charge is -2.24. The first-order chi connectivity index (χ1) is 9.16. The van der Waals surface area contributed by atoms with Crippen molar-refractivity contribution >= 4 is 10.0 Å². The minimum absolute atomic E-state index is 0.132. The topological polar surface area (TPSA) is 66.4 Å². The first-order valence-corrected chi connectivity index (χ1v) is 8.33. The molecule has 1 rings (SSSR count). The second-order valence-electron chi connectivity index (χ2n) is 6.14. The van der Waals surface area contributed by atoms with Crippen molar-refractivity contribution < 1.29 is 13.5 Å². The molecule has 0 saturated carbocycles. The molecule has 0 amide bonds. The summed E-state index contributed by atoms with van der Waals surface area (Å²) < 4.78 is 27.3. The SMILES string of the molecule is Cc1cc(C)cc(S(=O)(=O)NCC(C)(C)CCCO)c1. The Balaban J connectivity index is 2.80. The maximum atomic E-state index is 12.3. The molecule has 1 aromatic carbocycles.